The minimum absolute atomic E-state index is 0.118. The average molecular weight is 449 g/mol. The van der Waals surface area contributed by atoms with E-state index in [1.165, 1.54) is 12.1 Å². The number of hydrogen-bond donors (Lipinski definition) is 6. The van der Waals surface area contributed by atoms with E-state index >= 15 is 0 Å². The summed E-state index contributed by atoms with van der Waals surface area (Å²) in [5.41, 5.74) is 6.70. The van der Waals surface area contributed by atoms with Crippen LogP contribution in [0.15, 0.2) is 24.3 Å². The van der Waals surface area contributed by atoms with Gasteiger partial charge in [0.05, 0.1) is 4.92 Å². The van der Waals surface area contributed by atoms with Crippen molar-refractivity contribution in [2.75, 3.05) is 13.6 Å². The second kappa shape index (κ2) is 22.7. The number of carboxylic acids is 4. The molecule has 0 aliphatic carbocycles. The third-order valence-electron chi connectivity index (χ3n) is 2.32. The number of non-ortho nitro benzene ring substituents is 1. The molecule has 0 fully saturated rings. The van der Waals surface area contributed by atoms with E-state index < -0.39 is 28.8 Å². The van der Waals surface area contributed by atoms with Crippen molar-refractivity contribution in [1.82, 2.24) is 5.32 Å². The van der Waals surface area contributed by atoms with E-state index in [4.69, 9.17) is 45.3 Å². The van der Waals surface area contributed by atoms with Crippen molar-refractivity contribution in [3.8, 4) is 0 Å². The lowest BCUT2D eigenvalue weighted by Crippen LogP contribution is -2.35. The number of nitrogens with one attached hydrogen (secondary N) is 1. The van der Waals surface area contributed by atoms with Gasteiger partial charge in [0.2, 0.25) is 0 Å². The second-order valence-electron chi connectivity index (χ2n) is 5.43. The predicted octanol–water partition coefficient (Wildman–Crippen LogP) is 1.05. The van der Waals surface area contributed by atoms with Crippen LogP contribution in [0.25, 0.3) is 0 Å². The van der Waals surface area contributed by atoms with Crippen molar-refractivity contribution in [2.24, 2.45) is 5.73 Å². The van der Waals surface area contributed by atoms with Crippen LogP contribution in [0.2, 0.25) is 0 Å². The van der Waals surface area contributed by atoms with Gasteiger partial charge in [-0.15, -0.1) is 0 Å². The average Bonchev–Trinajstić information content (AvgIpc) is 2.58. The maximum absolute atomic E-state index is 10.4. The maximum Gasteiger partial charge on any atom is 0.300 e. The van der Waals surface area contributed by atoms with E-state index in [1.807, 2.05) is 7.05 Å². The van der Waals surface area contributed by atoms with E-state index in [2.05, 4.69) is 5.32 Å². The van der Waals surface area contributed by atoms with Crippen LogP contribution in [0.4, 0.5) is 5.69 Å². The van der Waals surface area contributed by atoms with E-state index in [1.54, 1.807) is 12.1 Å². The second-order valence-corrected chi connectivity index (χ2v) is 5.43. The molecule has 0 saturated carbocycles. The van der Waals surface area contributed by atoms with Crippen LogP contribution in [0.1, 0.15) is 33.3 Å². The molecule has 0 amide bonds. The van der Waals surface area contributed by atoms with Crippen molar-refractivity contribution >= 4 is 29.6 Å². The number of aliphatic carboxylic acids is 4. The van der Waals surface area contributed by atoms with Crippen molar-refractivity contribution in [3.63, 3.8) is 0 Å². The normalized spacial score (nSPS) is 9.23. The summed E-state index contributed by atoms with van der Waals surface area (Å²) in [7, 11) is 1.85. The smallest absolute Gasteiger partial charge is 0.300 e. The topological polar surface area (TPSA) is 230 Å². The van der Waals surface area contributed by atoms with Gasteiger partial charge < -0.3 is 31.5 Å². The number of nitrogens with two attached hydrogens (primary N) is 1. The number of benzene rings is 1. The molecule has 1 rings (SSSR count). The van der Waals surface area contributed by atoms with Crippen LogP contribution in [0.5, 0.6) is 0 Å². The zero-order valence-corrected chi connectivity index (χ0v) is 18.1. The van der Waals surface area contributed by atoms with Crippen molar-refractivity contribution < 1.29 is 44.5 Å². The third-order valence-corrected chi connectivity index (χ3v) is 2.32. The molecule has 31 heavy (non-hydrogen) atoms. The van der Waals surface area contributed by atoms with E-state index in [0.717, 1.165) is 39.7 Å². The van der Waals surface area contributed by atoms with Crippen LogP contribution in [0.3, 0.4) is 0 Å². The first-order valence-electron chi connectivity index (χ1n) is 8.49. The molecular weight excluding hydrogens is 418 g/mol. The van der Waals surface area contributed by atoms with Gasteiger partial charge in [0, 0.05) is 52.4 Å². The summed E-state index contributed by atoms with van der Waals surface area (Å²) in [4.78, 5) is 46.0. The SMILES string of the molecule is CC(=O)O.CC(=O)O.CC(=O)O.CC(=O)O.CNC(CN)Cc1ccc([N+](=O)[O-])cc1. The lowest BCUT2D eigenvalue weighted by atomic mass is 10.1. The lowest BCUT2D eigenvalue weighted by Gasteiger charge is -2.12. The van der Waals surface area contributed by atoms with Gasteiger partial charge in [-0.05, 0) is 19.0 Å². The minimum Gasteiger partial charge on any atom is -0.481 e. The molecule has 13 nitrogen and oxygen atoms in total. The lowest BCUT2D eigenvalue weighted by molar-refractivity contribution is -0.384. The summed E-state index contributed by atoms with van der Waals surface area (Å²) in [6.45, 7) is 4.88. The molecule has 0 spiro atoms. The minimum atomic E-state index is -0.833. The molecule has 1 aromatic carbocycles. The number of carboxylic acid groups (broad SMARTS) is 4. The molecule has 1 atom stereocenters. The molecule has 0 bridgehead atoms. The fourth-order valence-electron chi connectivity index (χ4n) is 1.34. The van der Waals surface area contributed by atoms with Gasteiger partial charge in [0.15, 0.2) is 0 Å². The largest absolute Gasteiger partial charge is 0.481 e. The quantitative estimate of drug-likeness (QED) is 0.273. The highest BCUT2D eigenvalue weighted by molar-refractivity contribution is 5.63. The maximum atomic E-state index is 10.4. The van der Waals surface area contributed by atoms with Crippen LogP contribution >= 0.6 is 0 Å². The fourth-order valence-corrected chi connectivity index (χ4v) is 1.34. The molecule has 178 valence electrons. The number of rotatable bonds is 5. The van der Waals surface area contributed by atoms with E-state index in [-0.39, 0.29) is 11.7 Å². The Morgan fingerprint density at radius 1 is 0.903 bits per heavy atom. The van der Waals surface area contributed by atoms with Gasteiger partial charge in [-0.1, -0.05) is 12.1 Å². The molecule has 7 N–H and O–H groups in total. The molecule has 0 radical (unpaired) electrons. The highest BCUT2D eigenvalue weighted by atomic mass is 16.6. The van der Waals surface area contributed by atoms with Gasteiger partial charge in [0.25, 0.3) is 29.6 Å². The van der Waals surface area contributed by atoms with Gasteiger partial charge in [0.1, 0.15) is 0 Å². The molecule has 0 aromatic heterocycles. The van der Waals surface area contributed by atoms with Crippen molar-refractivity contribution in [3.05, 3.63) is 39.9 Å². The van der Waals surface area contributed by atoms with Gasteiger partial charge in [-0.3, -0.25) is 29.3 Å². The number of nitro benzene ring substituents is 1. The molecule has 0 heterocycles. The van der Waals surface area contributed by atoms with Crippen LogP contribution < -0.4 is 11.1 Å². The highest BCUT2D eigenvalue weighted by Crippen LogP contribution is 2.12. The Hall–Kier alpha value is -3.58. The Labute approximate surface area is 179 Å². The molecule has 0 aliphatic heterocycles. The van der Waals surface area contributed by atoms with Crippen LogP contribution in [-0.2, 0) is 25.6 Å². The van der Waals surface area contributed by atoms with Gasteiger partial charge in [-0.25, -0.2) is 0 Å². The first-order valence-corrected chi connectivity index (χ1v) is 8.49. The number of nitrogens with zero attached hydrogens (tertiary/aromatic N) is 1. The van der Waals surface area contributed by atoms with Crippen molar-refractivity contribution in [2.45, 2.75) is 40.2 Å². The predicted molar refractivity (Wildman–Crippen MR) is 112 cm³/mol. The zero-order valence-electron chi connectivity index (χ0n) is 18.1. The fraction of sp³-hybridized carbons (Fsp3) is 0.444. The Balaban J connectivity index is -0.000000187. The molecule has 0 aliphatic rings. The highest BCUT2D eigenvalue weighted by Gasteiger charge is 2.07. The summed E-state index contributed by atoms with van der Waals surface area (Å²) >= 11 is 0. The Morgan fingerprint density at radius 3 is 1.39 bits per heavy atom. The molecule has 1 unspecified atom stereocenters. The first kappa shape index (κ1) is 34.9. The van der Waals surface area contributed by atoms with Crippen molar-refractivity contribution in [1.29, 1.82) is 0 Å². The Morgan fingerprint density at radius 2 is 1.19 bits per heavy atom. The Kier molecular flexibility index (Phi) is 25.6. The summed E-state index contributed by atoms with van der Waals surface area (Å²) in [6, 6.07) is 6.76. The number of likely N-dealkylation sites (N-methyl/N-ethyl adjacent to an activating group) is 1. The van der Waals surface area contributed by atoms with Crippen LogP contribution in [0, 0.1) is 10.1 Å². The molecule has 1 aromatic rings. The summed E-state index contributed by atoms with van der Waals surface area (Å²) < 4.78 is 0. The first-order chi connectivity index (χ1) is 14.1. The summed E-state index contributed by atoms with van der Waals surface area (Å²) in [5.74, 6) is -3.33. The van der Waals surface area contributed by atoms with Gasteiger partial charge in [-0.2, -0.15) is 0 Å². The summed E-state index contributed by atoms with van der Waals surface area (Å²) in [5, 5.41) is 43.2. The van der Waals surface area contributed by atoms with Crippen LogP contribution in [-0.4, -0.2) is 68.9 Å². The number of nitro groups is 1. The number of hydrogen-bond acceptors (Lipinski definition) is 8. The third kappa shape index (κ3) is 46.4. The molecule has 13 heteroatoms. The number of carbonyl (C=O) groups is 4. The Bertz CT molecular complexity index is 595. The zero-order chi connectivity index (χ0) is 25.6. The van der Waals surface area contributed by atoms with E-state index in [0.29, 0.717) is 6.54 Å². The molecular formula is C18H31N3O10. The van der Waals surface area contributed by atoms with E-state index in [9.17, 15) is 10.1 Å². The molecule has 0 saturated heterocycles. The standard InChI is InChI=1S/C10H15N3O2.4C2H4O2/c1-12-9(7-11)6-8-2-4-10(5-3-8)13(14)15;4*1-2(3)4/h2-5,9,12H,6-7,11H2,1H3;4*1H3,(H,3,4). The monoisotopic (exact) mass is 449 g/mol. The summed E-state index contributed by atoms with van der Waals surface area (Å²) in [6.07, 6.45) is 0.783. The van der Waals surface area contributed by atoms with Gasteiger partial charge >= 0.3 is 0 Å².